The van der Waals surface area contributed by atoms with Crippen LogP contribution < -0.4 is 11.5 Å². The molecular weight excluding hydrogens is 821 g/mol. The van der Waals surface area contributed by atoms with Gasteiger partial charge in [-0.05, 0) is 106 Å². The van der Waals surface area contributed by atoms with Gasteiger partial charge < -0.3 is 11.5 Å². The maximum atomic E-state index is 7.64. The third-order valence-electron chi connectivity index (χ3n) is 15.6. The second-order valence-electron chi connectivity index (χ2n) is 18.6. The smallest absolute Gasteiger partial charge is 0.0713 e. The standard InChI is InChI=1S/C66H44N2/c67-59-40-32-42-31-37-54-63-53(39-38-52(59)60(42)63)61(41-27-33-46(34-28-41)65(44-15-3-1-4-16-44)55-23-11-7-19-48(55)49-20-8-12-24-56(49)65)62(64(54)68)43-29-35-47(36-30-43)66(45-17-5-2-6-18-45)57-25-13-9-21-50(57)51-22-10-14-26-58(51)66/h1-40H,67-68H2. The fourth-order valence-electron chi connectivity index (χ4n) is 12.8. The van der Waals surface area contributed by atoms with E-state index < -0.39 is 10.8 Å². The molecular formula is C66H44N2. The van der Waals surface area contributed by atoms with Crippen LogP contribution in [0.25, 0.3) is 76.8 Å². The first-order valence-corrected chi connectivity index (χ1v) is 23.6. The summed E-state index contributed by atoms with van der Waals surface area (Å²) in [5.74, 6) is 0. The Morgan fingerprint density at radius 1 is 0.265 bits per heavy atom. The van der Waals surface area contributed by atoms with Crippen LogP contribution in [0.2, 0.25) is 0 Å². The molecule has 4 N–H and O–H groups in total. The highest BCUT2D eigenvalue weighted by Crippen LogP contribution is 2.58. The molecule has 0 saturated heterocycles. The first-order valence-electron chi connectivity index (χ1n) is 23.6. The summed E-state index contributed by atoms with van der Waals surface area (Å²) in [7, 11) is 0. The van der Waals surface area contributed by atoms with Gasteiger partial charge in [-0.2, -0.15) is 0 Å². The monoisotopic (exact) mass is 864 g/mol. The molecule has 0 aliphatic heterocycles. The SMILES string of the molecule is Nc1ccc2ccc3c(N)c(-c4ccc(C5(c6ccccc6)c6ccccc6-c6ccccc65)cc4)c(-c4ccc(C5(c6ccccc6)c6ccccc6-c6ccccc65)cc4)c4ccc1c2c34. The van der Waals surface area contributed by atoms with Crippen molar-refractivity contribution in [3.63, 3.8) is 0 Å². The first kappa shape index (κ1) is 38.5. The lowest BCUT2D eigenvalue weighted by molar-refractivity contribution is 0.768. The Morgan fingerprint density at radius 2 is 0.632 bits per heavy atom. The second-order valence-corrected chi connectivity index (χ2v) is 18.6. The van der Waals surface area contributed by atoms with Gasteiger partial charge in [-0.15, -0.1) is 0 Å². The Bertz CT molecular complexity index is 3870. The van der Waals surface area contributed by atoms with Crippen LogP contribution in [0.4, 0.5) is 11.4 Å². The zero-order valence-corrected chi connectivity index (χ0v) is 37.2. The molecule has 2 aliphatic rings. The van der Waals surface area contributed by atoms with Gasteiger partial charge in [0, 0.05) is 33.1 Å². The summed E-state index contributed by atoms with van der Waals surface area (Å²) < 4.78 is 0. The zero-order chi connectivity index (χ0) is 45.1. The van der Waals surface area contributed by atoms with E-state index in [0.717, 1.165) is 65.9 Å². The number of benzene rings is 12. The molecule has 0 radical (unpaired) electrons. The van der Waals surface area contributed by atoms with Gasteiger partial charge in [0.1, 0.15) is 0 Å². The van der Waals surface area contributed by atoms with E-state index in [-0.39, 0.29) is 0 Å². The average molecular weight is 865 g/mol. The van der Waals surface area contributed by atoms with E-state index in [1.807, 2.05) is 6.07 Å². The summed E-state index contributed by atoms with van der Waals surface area (Å²) in [4.78, 5) is 0. The number of rotatable bonds is 6. The minimum atomic E-state index is -0.503. The number of anilines is 2. The normalized spacial score (nSPS) is 13.9. The molecule has 2 heteroatoms. The molecule has 68 heavy (non-hydrogen) atoms. The predicted octanol–water partition coefficient (Wildman–Crippen LogP) is 15.8. The topological polar surface area (TPSA) is 52.0 Å². The van der Waals surface area contributed by atoms with Crippen molar-refractivity contribution < 1.29 is 0 Å². The van der Waals surface area contributed by atoms with E-state index in [9.17, 15) is 0 Å². The highest BCUT2D eigenvalue weighted by atomic mass is 14.6. The number of hydrogen-bond acceptors (Lipinski definition) is 2. The van der Waals surface area contributed by atoms with E-state index in [1.54, 1.807) is 0 Å². The molecule has 0 bridgehead atoms. The average Bonchev–Trinajstić information content (AvgIpc) is 3.88. The lowest BCUT2D eigenvalue weighted by Crippen LogP contribution is -2.28. The molecule has 0 heterocycles. The molecule has 12 aromatic carbocycles. The molecule has 318 valence electrons. The molecule has 0 saturated carbocycles. The third-order valence-corrected chi connectivity index (χ3v) is 15.6. The minimum absolute atomic E-state index is 0.503. The maximum Gasteiger partial charge on any atom is 0.0713 e. The van der Waals surface area contributed by atoms with Crippen LogP contribution in [0.1, 0.15) is 44.5 Å². The Hall–Kier alpha value is -8.72. The van der Waals surface area contributed by atoms with Crippen LogP contribution in [0.15, 0.2) is 243 Å². The highest BCUT2D eigenvalue weighted by Gasteiger charge is 2.47. The Labute approximate surface area is 395 Å². The Kier molecular flexibility index (Phi) is 8.15. The van der Waals surface area contributed by atoms with Gasteiger partial charge in [-0.3, -0.25) is 0 Å². The lowest BCUT2D eigenvalue weighted by atomic mass is 9.67. The summed E-state index contributed by atoms with van der Waals surface area (Å²) in [6.45, 7) is 0. The number of fused-ring (bicyclic) bond motifs is 6. The van der Waals surface area contributed by atoms with Crippen molar-refractivity contribution in [3.8, 4) is 44.5 Å². The van der Waals surface area contributed by atoms with Crippen molar-refractivity contribution >= 4 is 43.7 Å². The van der Waals surface area contributed by atoms with Gasteiger partial charge in [0.2, 0.25) is 0 Å². The van der Waals surface area contributed by atoms with Gasteiger partial charge in [-0.1, -0.05) is 237 Å². The van der Waals surface area contributed by atoms with E-state index in [0.29, 0.717) is 0 Å². The quantitative estimate of drug-likeness (QED) is 0.129. The van der Waals surface area contributed by atoms with E-state index in [1.165, 1.54) is 66.8 Å². The minimum Gasteiger partial charge on any atom is -0.398 e. The summed E-state index contributed by atoms with van der Waals surface area (Å²) in [6, 6.07) is 89.4. The molecule has 0 spiro atoms. The summed E-state index contributed by atoms with van der Waals surface area (Å²) in [6.07, 6.45) is 0. The first-order chi connectivity index (χ1) is 33.6. The molecule has 0 amide bonds. The van der Waals surface area contributed by atoms with E-state index in [2.05, 4.69) is 237 Å². The van der Waals surface area contributed by atoms with Gasteiger partial charge in [-0.25, -0.2) is 0 Å². The Morgan fingerprint density at radius 3 is 1.10 bits per heavy atom. The zero-order valence-electron chi connectivity index (χ0n) is 37.2. The molecule has 0 unspecified atom stereocenters. The van der Waals surface area contributed by atoms with Crippen molar-refractivity contribution in [1.29, 1.82) is 0 Å². The molecule has 0 fully saturated rings. The van der Waals surface area contributed by atoms with Gasteiger partial charge in [0.05, 0.1) is 10.8 Å². The number of nitrogen functional groups attached to an aromatic ring is 2. The van der Waals surface area contributed by atoms with Crippen molar-refractivity contribution in [1.82, 2.24) is 0 Å². The lowest BCUT2D eigenvalue weighted by Gasteiger charge is -2.34. The van der Waals surface area contributed by atoms with Gasteiger partial charge >= 0.3 is 0 Å². The van der Waals surface area contributed by atoms with Gasteiger partial charge in [0.15, 0.2) is 0 Å². The highest BCUT2D eigenvalue weighted by molar-refractivity contribution is 6.31. The number of nitrogens with two attached hydrogens (primary N) is 2. The van der Waals surface area contributed by atoms with Crippen LogP contribution in [0.5, 0.6) is 0 Å². The molecule has 0 atom stereocenters. The third kappa shape index (κ3) is 5.01. The van der Waals surface area contributed by atoms with Crippen LogP contribution in [-0.2, 0) is 10.8 Å². The number of hydrogen-bond donors (Lipinski definition) is 2. The maximum absolute atomic E-state index is 7.64. The van der Waals surface area contributed by atoms with Crippen LogP contribution in [-0.4, -0.2) is 0 Å². The fourth-order valence-corrected chi connectivity index (χ4v) is 12.8. The molecule has 14 rings (SSSR count). The summed E-state index contributed by atoms with van der Waals surface area (Å²) in [5.41, 5.74) is 34.4. The van der Waals surface area contributed by atoms with Crippen molar-refractivity contribution in [2.75, 3.05) is 11.5 Å². The largest absolute Gasteiger partial charge is 0.398 e. The van der Waals surface area contributed by atoms with E-state index in [4.69, 9.17) is 11.5 Å². The van der Waals surface area contributed by atoms with Crippen LogP contribution in [0.3, 0.4) is 0 Å². The van der Waals surface area contributed by atoms with Gasteiger partial charge in [0.25, 0.3) is 0 Å². The second kappa shape index (κ2) is 14.4. The van der Waals surface area contributed by atoms with E-state index >= 15 is 0 Å². The van der Waals surface area contributed by atoms with Crippen molar-refractivity contribution in [2.24, 2.45) is 0 Å². The Balaban J connectivity index is 1.02. The van der Waals surface area contributed by atoms with Crippen LogP contribution in [0, 0.1) is 0 Å². The van der Waals surface area contributed by atoms with Crippen molar-refractivity contribution in [2.45, 2.75) is 10.8 Å². The predicted molar refractivity (Wildman–Crippen MR) is 284 cm³/mol. The molecule has 2 nitrogen and oxygen atoms in total. The van der Waals surface area contributed by atoms with Crippen LogP contribution >= 0.6 is 0 Å². The summed E-state index contributed by atoms with van der Waals surface area (Å²) in [5, 5.41) is 6.67. The molecule has 12 aromatic rings. The van der Waals surface area contributed by atoms with Crippen molar-refractivity contribution in [3.05, 3.63) is 287 Å². The molecule has 2 aliphatic carbocycles. The summed E-state index contributed by atoms with van der Waals surface area (Å²) >= 11 is 0. The molecule has 0 aromatic heterocycles. The fraction of sp³-hybridized carbons (Fsp3) is 0.0303.